The second-order valence-electron chi connectivity index (χ2n) is 7.71. The fourth-order valence-electron chi connectivity index (χ4n) is 4.30. The zero-order valence-corrected chi connectivity index (χ0v) is 16.8. The number of likely N-dealkylation sites (tertiary alicyclic amines) is 2. The molecule has 0 aromatic carbocycles. The SMILES string of the molecule is COCCNc1ncccc1-c1noc(C2CCCN2C2CCN(C)CC2)n1. The van der Waals surface area contributed by atoms with Crippen LogP contribution in [0.2, 0.25) is 0 Å². The summed E-state index contributed by atoms with van der Waals surface area (Å²) in [6.07, 6.45) is 6.46. The number of rotatable bonds is 7. The first-order valence-electron chi connectivity index (χ1n) is 10.2. The summed E-state index contributed by atoms with van der Waals surface area (Å²) >= 11 is 0. The molecule has 2 aromatic heterocycles. The van der Waals surface area contributed by atoms with Crippen LogP contribution in [0.5, 0.6) is 0 Å². The number of aromatic nitrogens is 3. The van der Waals surface area contributed by atoms with Crippen LogP contribution in [-0.4, -0.2) is 77.9 Å². The van der Waals surface area contributed by atoms with E-state index in [1.807, 2.05) is 12.1 Å². The lowest BCUT2D eigenvalue weighted by Gasteiger charge is -2.37. The summed E-state index contributed by atoms with van der Waals surface area (Å²) in [4.78, 5) is 14.2. The first kappa shape index (κ1) is 19.3. The lowest BCUT2D eigenvalue weighted by atomic mass is 10.0. The number of piperidine rings is 1. The van der Waals surface area contributed by atoms with Gasteiger partial charge in [0.25, 0.3) is 0 Å². The standard InChI is InChI=1S/C20H30N6O2/c1-25-12-7-15(8-13-25)26-11-4-6-17(26)20-23-19(24-28-20)16-5-3-9-21-18(16)22-10-14-27-2/h3,5,9,15,17H,4,6-8,10-14H2,1-2H3,(H,21,22). The zero-order valence-electron chi connectivity index (χ0n) is 16.8. The van der Waals surface area contributed by atoms with Crippen LogP contribution in [0.1, 0.15) is 37.6 Å². The van der Waals surface area contributed by atoms with Crippen molar-refractivity contribution in [2.75, 3.05) is 52.3 Å². The van der Waals surface area contributed by atoms with Gasteiger partial charge in [0.15, 0.2) is 0 Å². The van der Waals surface area contributed by atoms with Crippen molar-refractivity contribution in [3.63, 3.8) is 0 Å². The van der Waals surface area contributed by atoms with E-state index in [9.17, 15) is 0 Å². The van der Waals surface area contributed by atoms with Crippen LogP contribution < -0.4 is 5.32 Å². The van der Waals surface area contributed by atoms with E-state index in [1.165, 1.54) is 19.3 Å². The molecule has 2 saturated heterocycles. The van der Waals surface area contributed by atoms with Crippen molar-refractivity contribution < 1.29 is 9.26 Å². The number of methoxy groups -OCH3 is 1. The molecular weight excluding hydrogens is 356 g/mol. The highest BCUT2D eigenvalue weighted by Gasteiger charge is 2.36. The van der Waals surface area contributed by atoms with E-state index in [1.54, 1.807) is 13.3 Å². The Balaban J connectivity index is 1.50. The Kier molecular flexibility index (Phi) is 6.19. The van der Waals surface area contributed by atoms with Crippen LogP contribution in [-0.2, 0) is 4.74 Å². The van der Waals surface area contributed by atoms with Crippen molar-refractivity contribution in [1.82, 2.24) is 24.9 Å². The van der Waals surface area contributed by atoms with Gasteiger partial charge in [-0.3, -0.25) is 4.90 Å². The fraction of sp³-hybridized carbons (Fsp3) is 0.650. The first-order valence-corrected chi connectivity index (χ1v) is 10.2. The van der Waals surface area contributed by atoms with E-state index in [0.717, 1.165) is 43.3 Å². The second-order valence-corrected chi connectivity index (χ2v) is 7.71. The van der Waals surface area contributed by atoms with E-state index < -0.39 is 0 Å². The molecule has 2 aromatic rings. The zero-order chi connectivity index (χ0) is 19.3. The molecule has 0 aliphatic carbocycles. The maximum absolute atomic E-state index is 5.73. The Bertz CT molecular complexity index is 759. The third-order valence-electron chi connectivity index (χ3n) is 5.83. The molecule has 2 aliphatic rings. The Labute approximate surface area is 166 Å². The van der Waals surface area contributed by atoms with Crippen LogP contribution in [0.15, 0.2) is 22.9 Å². The van der Waals surface area contributed by atoms with Crippen LogP contribution >= 0.6 is 0 Å². The average Bonchev–Trinajstić information content (AvgIpc) is 3.39. The predicted molar refractivity (Wildman–Crippen MR) is 107 cm³/mol. The quantitative estimate of drug-likeness (QED) is 0.727. The van der Waals surface area contributed by atoms with Gasteiger partial charge >= 0.3 is 0 Å². The van der Waals surface area contributed by atoms with E-state index >= 15 is 0 Å². The van der Waals surface area contributed by atoms with E-state index in [-0.39, 0.29) is 6.04 Å². The highest BCUT2D eigenvalue weighted by molar-refractivity contribution is 5.69. The highest BCUT2D eigenvalue weighted by Crippen LogP contribution is 2.36. The number of nitrogens with one attached hydrogen (secondary N) is 1. The molecule has 0 spiro atoms. The van der Waals surface area contributed by atoms with Gasteiger partial charge in [-0.2, -0.15) is 4.98 Å². The van der Waals surface area contributed by atoms with Gasteiger partial charge in [0.2, 0.25) is 11.7 Å². The number of ether oxygens (including phenoxy) is 1. The molecule has 0 amide bonds. The number of anilines is 1. The van der Waals surface area contributed by atoms with Crippen LogP contribution in [0, 0.1) is 0 Å². The molecule has 1 unspecified atom stereocenters. The Morgan fingerprint density at radius 2 is 2.11 bits per heavy atom. The number of nitrogens with zero attached hydrogens (tertiary/aromatic N) is 5. The van der Waals surface area contributed by atoms with Crippen molar-refractivity contribution in [2.45, 2.75) is 37.8 Å². The molecule has 1 N–H and O–H groups in total. The van der Waals surface area contributed by atoms with Gasteiger partial charge < -0.3 is 19.5 Å². The summed E-state index contributed by atoms with van der Waals surface area (Å²) in [5, 5.41) is 7.56. The van der Waals surface area contributed by atoms with Gasteiger partial charge in [-0.1, -0.05) is 5.16 Å². The second kappa shape index (κ2) is 8.98. The fourth-order valence-corrected chi connectivity index (χ4v) is 4.30. The predicted octanol–water partition coefficient (Wildman–Crippen LogP) is 2.42. The van der Waals surface area contributed by atoms with Gasteiger partial charge in [0, 0.05) is 25.9 Å². The summed E-state index contributed by atoms with van der Waals surface area (Å²) in [7, 11) is 3.89. The lowest BCUT2D eigenvalue weighted by Crippen LogP contribution is -2.43. The molecule has 0 saturated carbocycles. The molecule has 152 valence electrons. The maximum atomic E-state index is 5.73. The van der Waals surface area contributed by atoms with Crippen LogP contribution in [0.3, 0.4) is 0 Å². The lowest BCUT2D eigenvalue weighted by molar-refractivity contribution is 0.0958. The largest absolute Gasteiger partial charge is 0.383 e. The smallest absolute Gasteiger partial charge is 0.244 e. The molecule has 8 nitrogen and oxygen atoms in total. The van der Waals surface area contributed by atoms with Gasteiger partial charge in [0.05, 0.1) is 18.2 Å². The number of hydrogen-bond acceptors (Lipinski definition) is 8. The van der Waals surface area contributed by atoms with Crippen molar-refractivity contribution in [3.05, 3.63) is 24.2 Å². The molecule has 2 aliphatic heterocycles. The summed E-state index contributed by atoms with van der Waals surface area (Å²) in [5.41, 5.74) is 0.859. The van der Waals surface area contributed by atoms with E-state index in [4.69, 9.17) is 14.2 Å². The topological polar surface area (TPSA) is 79.5 Å². The van der Waals surface area contributed by atoms with Crippen LogP contribution in [0.25, 0.3) is 11.4 Å². The molecule has 1 atom stereocenters. The molecule has 0 bridgehead atoms. The Morgan fingerprint density at radius 1 is 1.25 bits per heavy atom. The van der Waals surface area contributed by atoms with Crippen molar-refractivity contribution >= 4 is 5.82 Å². The maximum Gasteiger partial charge on any atom is 0.244 e. The molecule has 2 fully saturated rings. The molecule has 4 heterocycles. The summed E-state index contributed by atoms with van der Waals surface area (Å²) in [5.74, 6) is 2.09. The van der Waals surface area contributed by atoms with E-state index in [2.05, 4.69) is 32.3 Å². The minimum absolute atomic E-state index is 0.233. The molecule has 0 radical (unpaired) electrons. The molecule has 4 rings (SSSR count). The number of pyridine rings is 1. The minimum Gasteiger partial charge on any atom is -0.383 e. The van der Waals surface area contributed by atoms with Gasteiger partial charge in [-0.15, -0.1) is 0 Å². The van der Waals surface area contributed by atoms with E-state index in [0.29, 0.717) is 25.0 Å². The van der Waals surface area contributed by atoms with Crippen LogP contribution in [0.4, 0.5) is 5.82 Å². The molecule has 8 heteroatoms. The van der Waals surface area contributed by atoms with Gasteiger partial charge in [-0.25, -0.2) is 4.98 Å². The normalized spacial score (nSPS) is 22.0. The average molecular weight is 387 g/mol. The summed E-state index contributed by atoms with van der Waals surface area (Å²) in [6.45, 7) is 4.73. The highest BCUT2D eigenvalue weighted by atomic mass is 16.5. The molecular formula is C20H30N6O2. The summed E-state index contributed by atoms with van der Waals surface area (Å²) < 4.78 is 10.8. The summed E-state index contributed by atoms with van der Waals surface area (Å²) in [6, 6.07) is 4.72. The van der Waals surface area contributed by atoms with Crippen molar-refractivity contribution in [2.24, 2.45) is 0 Å². The third-order valence-corrected chi connectivity index (χ3v) is 5.83. The monoisotopic (exact) mass is 386 g/mol. The Hall–Kier alpha value is -2.03. The van der Waals surface area contributed by atoms with Gasteiger partial charge in [-0.05, 0) is 64.5 Å². The molecule has 28 heavy (non-hydrogen) atoms. The Morgan fingerprint density at radius 3 is 2.93 bits per heavy atom. The van der Waals surface area contributed by atoms with Crippen molar-refractivity contribution in [1.29, 1.82) is 0 Å². The van der Waals surface area contributed by atoms with Gasteiger partial charge in [0.1, 0.15) is 5.82 Å². The minimum atomic E-state index is 0.233. The number of hydrogen-bond donors (Lipinski definition) is 1. The third kappa shape index (κ3) is 4.19. The van der Waals surface area contributed by atoms with Crippen molar-refractivity contribution in [3.8, 4) is 11.4 Å². The first-order chi connectivity index (χ1) is 13.8.